The van der Waals surface area contributed by atoms with Gasteiger partial charge in [0, 0.05) is 21.9 Å². The van der Waals surface area contributed by atoms with E-state index in [-0.39, 0.29) is 12.0 Å². The first-order valence-corrected chi connectivity index (χ1v) is 7.19. The lowest BCUT2D eigenvalue weighted by atomic mass is 10.1. The molecule has 21 heavy (non-hydrogen) atoms. The van der Waals surface area contributed by atoms with E-state index in [9.17, 15) is 9.59 Å². The summed E-state index contributed by atoms with van der Waals surface area (Å²) in [7, 11) is 0. The Labute approximate surface area is 123 Å². The Balaban J connectivity index is 2.22. The Morgan fingerprint density at radius 1 is 1.14 bits per heavy atom. The van der Waals surface area contributed by atoms with Gasteiger partial charge >= 0.3 is 11.9 Å². The number of aromatic carboxylic acids is 1. The number of carboxylic acid groups (broad SMARTS) is 2. The molecule has 0 aliphatic heterocycles. The van der Waals surface area contributed by atoms with Crippen LogP contribution in [-0.2, 0) is 11.2 Å². The van der Waals surface area contributed by atoms with E-state index >= 15 is 0 Å². The predicted octanol–water partition coefficient (Wildman–Crippen LogP) is 3.16. The molecule has 0 spiro atoms. The SMILES string of the molecule is O=C(O)CCc1nc2cc(C(=O)O)ccc2c2sccc12. The number of benzene rings is 1. The summed E-state index contributed by atoms with van der Waals surface area (Å²) in [5.74, 6) is -1.88. The number of thiophene rings is 1. The molecule has 0 bridgehead atoms. The normalized spacial score (nSPS) is 11.0. The molecule has 0 radical (unpaired) electrons. The average Bonchev–Trinajstić information content (AvgIpc) is 2.93. The lowest BCUT2D eigenvalue weighted by Gasteiger charge is -2.06. The van der Waals surface area contributed by atoms with Gasteiger partial charge < -0.3 is 10.2 Å². The number of fused-ring (bicyclic) bond motifs is 3. The van der Waals surface area contributed by atoms with Gasteiger partial charge in [-0.25, -0.2) is 4.79 Å². The molecule has 2 heterocycles. The minimum atomic E-state index is -1.00. The quantitative estimate of drug-likeness (QED) is 0.773. The van der Waals surface area contributed by atoms with E-state index < -0.39 is 11.9 Å². The van der Waals surface area contributed by atoms with E-state index in [0.717, 1.165) is 15.5 Å². The Kier molecular flexibility index (Phi) is 3.31. The number of rotatable bonds is 4. The number of carbonyl (C=O) groups is 2. The molecule has 0 fully saturated rings. The first-order chi connectivity index (χ1) is 10.1. The lowest BCUT2D eigenvalue weighted by molar-refractivity contribution is -0.136. The monoisotopic (exact) mass is 301 g/mol. The molecule has 3 rings (SSSR count). The van der Waals surface area contributed by atoms with Crippen molar-refractivity contribution in [3.8, 4) is 0 Å². The molecule has 0 unspecified atom stereocenters. The smallest absolute Gasteiger partial charge is 0.335 e. The maximum absolute atomic E-state index is 11.1. The van der Waals surface area contributed by atoms with Gasteiger partial charge in [-0.1, -0.05) is 6.07 Å². The van der Waals surface area contributed by atoms with E-state index in [0.29, 0.717) is 17.6 Å². The summed E-state index contributed by atoms with van der Waals surface area (Å²) in [5.41, 5.74) is 1.46. The standard InChI is InChI=1S/C15H11NO4S/c17-13(18)4-3-11-10-5-6-21-14(10)9-2-1-8(15(19)20)7-12(9)16-11/h1-2,5-7H,3-4H2,(H,17,18)(H,19,20). The van der Waals surface area contributed by atoms with Crippen LogP contribution in [0.3, 0.4) is 0 Å². The van der Waals surface area contributed by atoms with Crippen molar-refractivity contribution in [3.63, 3.8) is 0 Å². The molecule has 0 aliphatic carbocycles. The molecule has 6 heteroatoms. The molecule has 0 atom stereocenters. The van der Waals surface area contributed by atoms with Crippen LogP contribution in [0.15, 0.2) is 29.6 Å². The summed E-state index contributed by atoms with van der Waals surface area (Å²) in [4.78, 5) is 26.3. The van der Waals surface area contributed by atoms with Crippen molar-refractivity contribution in [3.05, 3.63) is 40.9 Å². The van der Waals surface area contributed by atoms with Crippen molar-refractivity contribution < 1.29 is 19.8 Å². The van der Waals surface area contributed by atoms with Crippen LogP contribution in [0.25, 0.3) is 21.0 Å². The van der Waals surface area contributed by atoms with Crippen molar-refractivity contribution in [2.45, 2.75) is 12.8 Å². The molecule has 5 nitrogen and oxygen atoms in total. The Hall–Kier alpha value is -2.47. The molecule has 3 aromatic rings. The number of nitrogens with zero attached hydrogens (tertiary/aromatic N) is 1. The van der Waals surface area contributed by atoms with Crippen LogP contribution in [-0.4, -0.2) is 27.1 Å². The van der Waals surface area contributed by atoms with Gasteiger partial charge in [-0.3, -0.25) is 9.78 Å². The summed E-state index contributed by atoms with van der Waals surface area (Å²) in [5, 5.41) is 21.7. The minimum Gasteiger partial charge on any atom is -0.481 e. The average molecular weight is 301 g/mol. The van der Waals surface area contributed by atoms with Crippen molar-refractivity contribution in [2.24, 2.45) is 0 Å². The van der Waals surface area contributed by atoms with Crippen LogP contribution in [0, 0.1) is 0 Å². The number of carboxylic acids is 2. The molecule has 2 aromatic heterocycles. The third kappa shape index (κ3) is 2.45. The molecule has 0 saturated heterocycles. The summed E-state index contributed by atoms with van der Waals surface area (Å²) in [6.07, 6.45) is 0.331. The molecular weight excluding hydrogens is 290 g/mol. The maximum Gasteiger partial charge on any atom is 0.335 e. The van der Waals surface area contributed by atoms with Gasteiger partial charge in [0.05, 0.1) is 23.2 Å². The van der Waals surface area contributed by atoms with E-state index in [1.165, 1.54) is 6.07 Å². The number of aryl methyl sites for hydroxylation is 1. The van der Waals surface area contributed by atoms with Crippen molar-refractivity contribution in [2.75, 3.05) is 0 Å². The molecule has 106 valence electrons. The highest BCUT2D eigenvalue weighted by Gasteiger charge is 2.12. The zero-order chi connectivity index (χ0) is 15.0. The summed E-state index contributed by atoms with van der Waals surface area (Å²) >= 11 is 1.54. The van der Waals surface area contributed by atoms with Crippen LogP contribution < -0.4 is 0 Å². The minimum absolute atomic E-state index is 0.00206. The largest absolute Gasteiger partial charge is 0.481 e. The van der Waals surface area contributed by atoms with Crippen LogP contribution in [0.5, 0.6) is 0 Å². The Morgan fingerprint density at radius 2 is 1.95 bits per heavy atom. The third-order valence-electron chi connectivity index (χ3n) is 3.30. The van der Waals surface area contributed by atoms with Gasteiger partial charge in [0.25, 0.3) is 0 Å². The summed E-state index contributed by atoms with van der Waals surface area (Å²) < 4.78 is 1.01. The molecule has 2 N–H and O–H groups in total. The van der Waals surface area contributed by atoms with E-state index in [2.05, 4.69) is 4.98 Å². The van der Waals surface area contributed by atoms with Gasteiger partial charge in [0.2, 0.25) is 0 Å². The number of hydrogen-bond donors (Lipinski definition) is 2. The molecule has 0 saturated carbocycles. The zero-order valence-corrected chi connectivity index (χ0v) is 11.7. The molecule has 0 amide bonds. The van der Waals surface area contributed by atoms with Gasteiger partial charge in [-0.15, -0.1) is 11.3 Å². The van der Waals surface area contributed by atoms with Crippen LogP contribution in [0.2, 0.25) is 0 Å². The first-order valence-electron chi connectivity index (χ1n) is 6.31. The van der Waals surface area contributed by atoms with Crippen molar-refractivity contribution in [1.29, 1.82) is 0 Å². The van der Waals surface area contributed by atoms with E-state index in [1.54, 1.807) is 23.5 Å². The molecule has 1 aromatic carbocycles. The van der Waals surface area contributed by atoms with Crippen molar-refractivity contribution >= 4 is 44.3 Å². The highest BCUT2D eigenvalue weighted by Crippen LogP contribution is 2.31. The fourth-order valence-corrected chi connectivity index (χ4v) is 3.27. The van der Waals surface area contributed by atoms with Gasteiger partial charge in [0.15, 0.2) is 0 Å². The molecular formula is C15H11NO4S. The van der Waals surface area contributed by atoms with Crippen molar-refractivity contribution in [1.82, 2.24) is 4.98 Å². The topological polar surface area (TPSA) is 87.5 Å². The third-order valence-corrected chi connectivity index (χ3v) is 4.24. The second-order valence-electron chi connectivity index (χ2n) is 4.65. The fraction of sp³-hybridized carbons (Fsp3) is 0.133. The highest BCUT2D eigenvalue weighted by atomic mass is 32.1. The number of hydrogen-bond acceptors (Lipinski definition) is 4. The van der Waals surface area contributed by atoms with Crippen LogP contribution in [0.1, 0.15) is 22.5 Å². The second-order valence-corrected chi connectivity index (χ2v) is 5.57. The maximum atomic E-state index is 11.1. The molecule has 0 aliphatic rings. The van der Waals surface area contributed by atoms with Gasteiger partial charge in [-0.05, 0) is 23.6 Å². The Morgan fingerprint density at radius 3 is 2.67 bits per heavy atom. The van der Waals surface area contributed by atoms with E-state index in [4.69, 9.17) is 10.2 Å². The summed E-state index contributed by atoms with van der Waals surface area (Å²) in [6, 6.07) is 6.77. The Bertz CT molecular complexity index is 869. The van der Waals surface area contributed by atoms with E-state index in [1.807, 2.05) is 11.4 Å². The number of aliphatic carboxylic acids is 1. The predicted molar refractivity (Wildman–Crippen MR) is 80.0 cm³/mol. The number of pyridine rings is 1. The second kappa shape index (κ2) is 5.14. The van der Waals surface area contributed by atoms with Gasteiger partial charge in [-0.2, -0.15) is 0 Å². The summed E-state index contributed by atoms with van der Waals surface area (Å²) in [6.45, 7) is 0. The van der Waals surface area contributed by atoms with Crippen LogP contribution >= 0.6 is 11.3 Å². The fourth-order valence-electron chi connectivity index (χ4n) is 2.32. The zero-order valence-electron chi connectivity index (χ0n) is 10.9. The first kappa shape index (κ1) is 13.5. The van der Waals surface area contributed by atoms with Crippen LogP contribution in [0.4, 0.5) is 0 Å². The lowest BCUT2D eigenvalue weighted by Crippen LogP contribution is -2.01. The number of aromatic nitrogens is 1. The highest BCUT2D eigenvalue weighted by molar-refractivity contribution is 7.18. The van der Waals surface area contributed by atoms with Gasteiger partial charge in [0.1, 0.15) is 0 Å².